The lowest BCUT2D eigenvalue weighted by molar-refractivity contribution is 0.0974. The van der Waals surface area contributed by atoms with Gasteiger partial charge in [0.25, 0.3) is 0 Å². The molecule has 0 aliphatic rings. The van der Waals surface area contributed by atoms with Crippen molar-refractivity contribution >= 4 is 12.6 Å². The predicted octanol–water partition coefficient (Wildman–Crippen LogP) is 3.18. The molecule has 16 heavy (non-hydrogen) atoms. The van der Waals surface area contributed by atoms with Gasteiger partial charge in [-0.25, -0.2) is 0 Å². The van der Waals surface area contributed by atoms with Crippen LogP contribution in [0.1, 0.15) is 19.3 Å². The molecule has 0 N–H and O–H groups in total. The SMILES string of the molecule is SCCCCCOCCOc1ccccc1. The van der Waals surface area contributed by atoms with E-state index in [1.807, 2.05) is 30.3 Å². The van der Waals surface area contributed by atoms with Crippen molar-refractivity contribution in [2.24, 2.45) is 0 Å². The highest BCUT2D eigenvalue weighted by Gasteiger charge is 1.92. The maximum atomic E-state index is 5.50. The van der Waals surface area contributed by atoms with Gasteiger partial charge in [-0.2, -0.15) is 12.6 Å². The maximum absolute atomic E-state index is 5.50. The fourth-order valence-corrected chi connectivity index (χ4v) is 1.55. The van der Waals surface area contributed by atoms with Gasteiger partial charge >= 0.3 is 0 Å². The number of thiol groups is 1. The van der Waals surface area contributed by atoms with E-state index >= 15 is 0 Å². The molecule has 0 unspecified atom stereocenters. The largest absolute Gasteiger partial charge is 0.491 e. The van der Waals surface area contributed by atoms with E-state index in [0.29, 0.717) is 13.2 Å². The van der Waals surface area contributed by atoms with Crippen molar-refractivity contribution < 1.29 is 9.47 Å². The molecule has 0 fully saturated rings. The second-order valence-corrected chi connectivity index (χ2v) is 4.01. The van der Waals surface area contributed by atoms with Crippen LogP contribution in [-0.4, -0.2) is 25.6 Å². The van der Waals surface area contributed by atoms with Gasteiger partial charge in [-0.3, -0.25) is 0 Å². The van der Waals surface area contributed by atoms with Crippen molar-refractivity contribution in [2.75, 3.05) is 25.6 Å². The highest BCUT2D eigenvalue weighted by Crippen LogP contribution is 2.07. The Kier molecular flexibility index (Phi) is 7.99. The number of unbranched alkanes of at least 4 members (excludes halogenated alkanes) is 2. The number of benzene rings is 1. The molecular formula is C13H20O2S. The fourth-order valence-electron chi connectivity index (χ4n) is 1.33. The zero-order chi connectivity index (χ0) is 11.5. The lowest BCUT2D eigenvalue weighted by atomic mass is 10.3. The summed E-state index contributed by atoms with van der Waals surface area (Å²) in [6, 6.07) is 9.81. The summed E-state index contributed by atoms with van der Waals surface area (Å²) in [5.41, 5.74) is 0. The van der Waals surface area contributed by atoms with Gasteiger partial charge in [0.05, 0.1) is 6.61 Å². The highest BCUT2D eigenvalue weighted by molar-refractivity contribution is 7.80. The molecule has 1 rings (SSSR count). The van der Waals surface area contributed by atoms with Crippen molar-refractivity contribution in [2.45, 2.75) is 19.3 Å². The molecule has 0 saturated carbocycles. The molecule has 0 aromatic heterocycles. The van der Waals surface area contributed by atoms with Crippen LogP contribution in [0.3, 0.4) is 0 Å². The monoisotopic (exact) mass is 240 g/mol. The Labute approximate surface area is 103 Å². The Morgan fingerprint density at radius 1 is 0.875 bits per heavy atom. The molecule has 0 spiro atoms. The van der Waals surface area contributed by atoms with Gasteiger partial charge in [-0.15, -0.1) is 0 Å². The van der Waals surface area contributed by atoms with Crippen molar-refractivity contribution in [3.63, 3.8) is 0 Å². The van der Waals surface area contributed by atoms with E-state index in [9.17, 15) is 0 Å². The van der Waals surface area contributed by atoms with Crippen LogP contribution in [0.2, 0.25) is 0 Å². The number of para-hydroxylation sites is 1. The molecule has 0 amide bonds. The van der Waals surface area contributed by atoms with Gasteiger partial charge in [-0.05, 0) is 30.7 Å². The molecule has 0 aliphatic heterocycles. The zero-order valence-corrected chi connectivity index (χ0v) is 10.5. The van der Waals surface area contributed by atoms with E-state index in [1.165, 1.54) is 12.8 Å². The molecule has 0 radical (unpaired) electrons. The van der Waals surface area contributed by atoms with Gasteiger partial charge in [-0.1, -0.05) is 24.6 Å². The summed E-state index contributed by atoms with van der Waals surface area (Å²) >= 11 is 4.16. The Morgan fingerprint density at radius 2 is 1.69 bits per heavy atom. The summed E-state index contributed by atoms with van der Waals surface area (Å²) in [6.07, 6.45) is 3.49. The smallest absolute Gasteiger partial charge is 0.119 e. The average molecular weight is 240 g/mol. The number of rotatable bonds is 9. The van der Waals surface area contributed by atoms with Crippen LogP contribution in [0, 0.1) is 0 Å². The third kappa shape index (κ3) is 6.75. The normalized spacial score (nSPS) is 10.3. The van der Waals surface area contributed by atoms with Crippen LogP contribution in [-0.2, 0) is 4.74 Å². The highest BCUT2D eigenvalue weighted by atomic mass is 32.1. The Balaban J connectivity index is 1.89. The minimum absolute atomic E-state index is 0.622. The maximum Gasteiger partial charge on any atom is 0.119 e. The number of hydrogen-bond acceptors (Lipinski definition) is 3. The van der Waals surface area contributed by atoms with Gasteiger partial charge in [0.2, 0.25) is 0 Å². The summed E-state index contributed by atoms with van der Waals surface area (Å²) in [7, 11) is 0. The first kappa shape index (κ1) is 13.4. The van der Waals surface area contributed by atoms with Crippen LogP contribution in [0.4, 0.5) is 0 Å². The third-order valence-electron chi connectivity index (χ3n) is 2.19. The van der Waals surface area contributed by atoms with Gasteiger partial charge in [0, 0.05) is 6.61 Å². The van der Waals surface area contributed by atoms with Crippen molar-refractivity contribution in [1.82, 2.24) is 0 Å². The zero-order valence-electron chi connectivity index (χ0n) is 9.60. The molecule has 0 atom stereocenters. The fraction of sp³-hybridized carbons (Fsp3) is 0.538. The van der Waals surface area contributed by atoms with Crippen LogP contribution < -0.4 is 4.74 Å². The second-order valence-electron chi connectivity index (χ2n) is 3.56. The van der Waals surface area contributed by atoms with Crippen molar-refractivity contribution in [3.05, 3.63) is 30.3 Å². The molecular weight excluding hydrogens is 220 g/mol. The minimum atomic E-state index is 0.622. The van der Waals surface area contributed by atoms with Gasteiger partial charge in [0.1, 0.15) is 12.4 Å². The van der Waals surface area contributed by atoms with E-state index in [2.05, 4.69) is 12.6 Å². The predicted molar refractivity (Wildman–Crippen MR) is 70.5 cm³/mol. The molecule has 3 heteroatoms. The van der Waals surface area contributed by atoms with E-state index in [-0.39, 0.29) is 0 Å². The summed E-state index contributed by atoms with van der Waals surface area (Å²) in [4.78, 5) is 0. The van der Waals surface area contributed by atoms with Gasteiger partial charge < -0.3 is 9.47 Å². The summed E-state index contributed by atoms with van der Waals surface area (Å²) in [5, 5.41) is 0. The van der Waals surface area contributed by atoms with E-state index in [1.54, 1.807) is 0 Å². The molecule has 0 saturated heterocycles. The topological polar surface area (TPSA) is 18.5 Å². The number of ether oxygens (including phenoxy) is 2. The van der Waals surface area contributed by atoms with Crippen molar-refractivity contribution in [1.29, 1.82) is 0 Å². The van der Waals surface area contributed by atoms with E-state index in [0.717, 1.165) is 24.5 Å². The Hall–Kier alpha value is -0.670. The molecule has 0 bridgehead atoms. The first-order valence-corrected chi connectivity index (χ1v) is 6.43. The molecule has 90 valence electrons. The summed E-state index contributed by atoms with van der Waals surface area (Å²) in [5.74, 6) is 1.87. The lowest BCUT2D eigenvalue weighted by Crippen LogP contribution is -2.07. The van der Waals surface area contributed by atoms with Gasteiger partial charge in [0.15, 0.2) is 0 Å². The Bertz CT molecular complexity index is 251. The van der Waals surface area contributed by atoms with E-state index in [4.69, 9.17) is 9.47 Å². The third-order valence-corrected chi connectivity index (χ3v) is 2.50. The van der Waals surface area contributed by atoms with Crippen LogP contribution >= 0.6 is 12.6 Å². The van der Waals surface area contributed by atoms with Crippen LogP contribution in [0.5, 0.6) is 5.75 Å². The molecule has 0 heterocycles. The standard InChI is InChI=1S/C13H20O2S/c16-12-6-2-5-9-14-10-11-15-13-7-3-1-4-8-13/h1,3-4,7-8,16H,2,5-6,9-12H2. The van der Waals surface area contributed by atoms with E-state index < -0.39 is 0 Å². The minimum Gasteiger partial charge on any atom is -0.491 e. The molecule has 0 aliphatic carbocycles. The molecule has 1 aromatic carbocycles. The lowest BCUT2D eigenvalue weighted by Gasteiger charge is -2.06. The summed E-state index contributed by atoms with van der Waals surface area (Å²) < 4.78 is 10.9. The first-order chi connectivity index (χ1) is 7.93. The first-order valence-electron chi connectivity index (χ1n) is 5.80. The number of hydrogen-bond donors (Lipinski definition) is 1. The Morgan fingerprint density at radius 3 is 2.44 bits per heavy atom. The van der Waals surface area contributed by atoms with Crippen LogP contribution in [0.15, 0.2) is 30.3 Å². The van der Waals surface area contributed by atoms with Crippen LogP contribution in [0.25, 0.3) is 0 Å². The molecule has 2 nitrogen and oxygen atoms in total. The van der Waals surface area contributed by atoms with Crippen molar-refractivity contribution in [3.8, 4) is 5.75 Å². The summed E-state index contributed by atoms with van der Waals surface area (Å²) in [6.45, 7) is 2.11. The second kappa shape index (κ2) is 9.55. The average Bonchev–Trinajstić information content (AvgIpc) is 2.34. The molecule has 1 aromatic rings. The quantitative estimate of drug-likeness (QED) is 0.528.